The Balaban J connectivity index is 0.000000278. The van der Waals surface area contributed by atoms with E-state index in [-0.39, 0.29) is 6.61 Å². The second kappa shape index (κ2) is 12.5. The van der Waals surface area contributed by atoms with Gasteiger partial charge in [-0.15, -0.1) is 0 Å². The number of carbonyl (C=O) groups is 1. The molecule has 0 radical (unpaired) electrons. The molecule has 3 aromatic rings. The fraction of sp³-hybridized carbons (Fsp3) is 0.192. The molecule has 0 aromatic heterocycles. The highest BCUT2D eigenvalue weighted by molar-refractivity contribution is 5.67. The molecule has 0 aliphatic carbocycles. The minimum atomic E-state index is -0.456. The minimum Gasteiger partial charge on any atom is -0.445 e. The molecule has 0 heterocycles. The monoisotopic (exact) mass is 426 g/mol. The number of hydrogen-bond donors (Lipinski definition) is 2. The van der Waals surface area contributed by atoms with Crippen molar-refractivity contribution in [2.75, 3.05) is 0 Å². The maximum Gasteiger partial charge on any atom is 0.407 e. The molecule has 3 aromatic carbocycles. The Kier molecular flexibility index (Phi) is 9.46. The Labute approximate surface area is 188 Å². The van der Waals surface area contributed by atoms with Gasteiger partial charge in [0.25, 0.3) is 0 Å². The highest BCUT2D eigenvalue weighted by atomic mass is 16.5. The summed E-state index contributed by atoms with van der Waals surface area (Å²) >= 11 is 0. The molecule has 162 valence electrons. The third kappa shape index (κ3) is 7.60. The molecule has 32 heavy (non-hydrogen) atoms. The van der Waals surface area contributed by atoms with Crippen LogP contribution in [0.3, 0.4) is 0 Å². The van der Waals surface area contributed by atoms with Gasteiger partial charge in [0.1, 0.15) is 6.61 Å². The zero-order chi connectivity index (χ0) is 23.3. The molecule has 0 unspecified atom stereocenters. The molecule has 1 amide bonds. The molecular formula is C26H26N4O2. The number of nitrogens with two attached hydrogens (primary N) is 1. The summed E-state index contributed by atoms with van der Waals surface area (Å²) in [6, 6.07) is 24.6. The average Bonchev–Trinajstić information content (AvgIpc) is 2.82. The predicted octanol–water partition coefficient (Wildman–Crippen LogP) is 4.62. The van der Waals surface area contributed by atoms with E-state index in [1.54, 1.807) is 18.2 Å². The molecule has 0 saturated carbocycles. The molecule has 0 saturated heterocycles. The summed E-state index contributed by atoms with van der Waals surface area (Å²) in [4.78, 5) is 11.6. The number of amides is 1. The van der Waals surface area contributed by atoms with Crippen molar-refractivity contribution in [1.29, 1.82) is 10.5 Å². The number of alkyl carbamates (subject to hydrolysis) is 1. The molecule has 0 fully saturated rings. The summed E-state index contributed by atoms with van der Waals surface area (Å²) in [5.74, 6) is 0. The van der Waals surface area contributed by atoms with Crippen molar-refractivity contribution < 1.29 is 9.53 Å². The van der Waals surface area contributed by atoms with E-state index < -0.39 is 6.09 Å². The van der Waals surface area contributed by atoms with Gasteiger partial charge in [-0.05, 0) is 65.9 Å². The van der Waals surface area contributed by atoms with Gasteiger partial charge < -0.3 is 15.8 Å². The van der Waals surface area contributed by atoms with Crippen LogP contribution >= 0.6 is 0 Å². The molecular weight excluding hydrogens is 400 g/mol. The van der Waals surface area contributed by atoms with Crippen LogP contribution in [0.25, 0.3) is 0 Å². The van der Waals surface area contributed by atoms with E-state index in [1.807, 2.05) is 62.4 Å². The van der Waals surface area contributed by atoms with Gasteiger partial charge in [0.2, 0.25) is 0 Å². The maximum atomic E-state index is 11.6. The third-order valence-corrected chi connectivity index (χ3v) is 4.80. The second-order valence-corrected chi connectivity index (χ2v) is 7.13. The number of ether oxygens (including phenoxy) is 1. The van der Waals surface area contributed by atoms with Crippen LogP contribution in [0.1, 0.15) is 38.9 Å². The largest absolute Gasteiger partial charge is 0.445 e. The molecule has 0 atom stereocenters. The number of aryl methyl sites for hydroxylation is 2. The molecule has 3 rings (SSSR count). The van der Waals surface area contributed by atoms with Gasteiger partial charge in [0.05, 0.1) is 23.3 Å². The lowest BCUT2D eigenvalue weighted by molar-refractivity contribution is 0.139. The number of benzene rings is 3. The van der Waals surface area contributed by atoms with Crippen molar-refractivity contribution in [2.45, 2.75) is 33.5 Å². The first kappa shape index (κ1) is 24.1. The van der Waals surface area contributed by atoms with Crippen molar-refractivity contribution in [3.8, 4) is 12.1 Å². The van der Waals surface area contributed by atoms with Gasteiger partial charge in [0, 0.05) is 13.1 Å². The Bertz CT molecular complexity index is 1130. The van der Waals surface area contributed by atoms with Gasteiger partial charge in [-0.3, -0.25) is 0 Å². The van der Waals surface area contributed by atoms with Crippen LogP contribution < -0.4 is 11.1 Å². The quantitative estimate of drug-likeness (QED) is 0.618. The fourth-order valence-electron chi connectivity index (χ4n) is 2.90. The minimum absolute atomic E-state index is 0.249. The normalized spacial score (nSPS) is 9.53. The van der Waals surface area contributed by atoms with Crippen LogP contribution in [0.5, 0.6) is 0 Å². The standard InChI is InChI=1S/C17H16N2O2.C9H10N2/c1-13-9-15(10-18)7-8-16(13)11-19-17(20)21-12-14-5-3-2-4-6-14;1-7-4-8(5-10)2-3-9(7)6-11/h2-9H,11-12H2,1H3,(H,19,20);2-4H,6,11H2,1H3. The lowest BCUT2D eigenvalue weighted by atomic mass is 10.1. The lowest BCUT2D eigenvalue weighted by Gasteiger charge is -2.09. The highest BCUT2D eigenvalue weighted by Gasteiger charge is 2.05. The van der Waals surface area contributed by atoms with Gasteiger partial charge in [0.15, 0.2) is 0 Å². The summed E-state index contributed by atoms with van der Waals surface area (Å²) in [6.07, 6.45) is -0.456. The highest BCUT2D eigenvalue weighted by Crippen LogP contribution is 2.11. The van der Waals surface area contributed by atoms with E-state index in [0.717, 1.165) is 27.8 Å². The molecule has 0 aliphatic heterocycles. The third-order valence-electron chi connectivity index (χ3n) is 4.80. The Hall–Kier alpha value is -4.13. The number of carbonyl (C=O) groups excluding carboxylic acids is 1. The topological polar surface area (TPSA) is 112 Å². The van der Waals surface area contributed by atoms with Crippen molar-refractivity contribution in [3.05, 3.63) is 106 Å². The van der Waals surface area contributed by atoms with Crippen molar-refractivity contribution in [1.82, 2.24) is 5.32 Å². The van der Waals surface area contributed by atoms with E-state index in [0.29, 0.717) is 24.2 Å². The summed E-state index contributed by atoms with van der Waals surface area (Å²) in [6.45, 7) is 5.04. The van der Waals surface area contributed by atoms with Crippen molar-refractivity contribution in [3.63, 3.8) is 0 Å². The number of rotatable bonds is 5. The van der Waals surface area contributed by atoms with E-state index in [2.05, 4.69) is 17.5 Å². The Morgan fingerprint density at radius 2 is 1.47 bits per heavy atom. The summed E-state index contributed by atoms with van der Waals surface area (Å²) in [5, 5.41) is 20.1. The lowest BCUT2D eigenvalue weighted by Crippen LogP contribution is -2.24. The summed E-state index contributed by atoms with van der Waals surface area (Å²) in [7, 11) is 0. The molecule has 6 nitrogen and oxygen atoms in total. The number of hydrogen-bond acceptors (Lipinski definition) is 5. The van der Waals surface area contributed by atoms with Gasteiger partial charge in [-0.25, -0.2) is 4.79 Å². The maximum absolute atomic E-state index is 11.6. The molecule has 3 N–H and O–H groups in total. The Morgan fingerprint density at radius 1 is 0.906 bits per heavy atom. The molecule has 0 spiro atoms. The van der Waals surface area contributed by atoms with Crippen LogP contribution in [0.2, 0.25) is 0 Å². The molecule has 0 aliphatic rings. The molecule has 0 bridgehead atoms. The first-order valence-electron chi connectivity index (χ1n) is 10.1. The first-order chi connectivity index (χ1) is 15.5. The summed E-state index contributed by atoms with van der Waals surface area (Å²) in [5.41, 5.74) is 11.8. The average molecular weight is 427 g/mol. The van der Waals surface area contributed by atoms with E-state index >= 15 is 0 Å². The van der Waals surface area contributed by atoms with Gasteiger partial charge >= 0.3 is 6.09 Å². The van der Waals surface area contributed by atoms with E-state index in [1.165, 1.54) is 0 Å². The van der Waals surface area contributed by atoms with Crippen molar-refractivity contribution >= 4 is 6.09 Å². The van der Waals surface area contributed by atoms with Crippen LogP contribution in [-0.2, 0) is 24.4 Å². The SMILES string of the molecule is Cc1cc(C#N)ccc1CN.Cc1cc(C#N)ccc1CNC(=O)OCc1ccccc1. The van der Waals surface area contributed by atoms with Crippen LogP contribution in [-0.4, -0.2) is 6.09 Å². The van der Waals surface area contributed by atoms with Crippen molar-refractivity contribution in [2.24, 2.45) is 5.73 Å². The van der Waals surface area contributed by atoms with Gasteiger partial charge in [-0.1, -0.05) is 42.5 Å². The zero-order valence-electron chi connectivity index (χ0n) is 18.3. The first-order valence-corrected chi connectivity index (χ1v) is 10.1. The zero-order valence-corrected chi connectivity index (χ0v) is 18.3. The van der Waals surface area contributed by atoms with Crippen LogP contribution in [0, 0.1) is 36.5 Å². The number of nitriles is 2. The fourth-order valence-corrected chi connectivity index (χ4v) is 2.90. The van der Waals surface area contributed by atoms with E-state index in [4.69, 9.17) is 21.0 Å². The van der Waals surface area contributed by atoms with E-state index in [9.17, 15) is 4.79 Å². The van der Waals surface area contributed by atoms with Crippen LogP contribution in [0.4, 0.5) is 4.79 Å². The number of nitrogens with zero attached hydrogens (tertiary/aromatic N) is 2. The summed E-state index contributed by atoms with van der Waals surface area (Å²) < 4.78 is 5.13. The van der Waals surface area contributed by atoms with Crippen LogP contribution in [0.15, 0.2) is 66.7 Å². The molecule has 6 heteroatoms. The Morgan fingerprint density at radius 3 is 1.97 bits per heavy atom. The van der Waals surface area contributed by atoms with Gasteiger partial charge in [-0.2, -0.15) is 10.5 Å². The second-order valence-electron chi connectivity index (χ2n) is 7.13. The number of nitrogens with one attached hydrogen (secondary N) is 1. The smallest absolute Gasteiger partial charge is 0.407 e. The predicted molar refractivity (Wildman–Crippen MR) is 123 cm³/mol.